The zero-order chi connectivity index (χ0) is 15.2. The molecule has 1 saturated heterocycles. The van der Waals surface area contributed by atoms with Gasteiger partial charge in [-0.3, -0.25) is 4.79 Å². The van der Waals surface area contributed by atoms with E-state index in [1.807, 2.05) is 36.4 Å². The third-order valence-electron chi connectivity index (χ3n) is 3.71. The maximum absolute atomic E-state index is 12.1. The van der Waals surface area contributed by atoms with Crippen molar-refractivity contribution in [2.24, 2.45) is 0 Å². The number of carbonyl (C=O) groups excluding carboxylic acids is 1. The average Bonchev–Trinajstić information content (AvgIpc) is 3.08. The number of hydrogen-bond acceptors (Lipinski definition) is 4. The summed E-state index contributed by atoms with van der Waals surface area (Å²) in [4.78, 5) is 14.4. The summed E-state index contributed by atoms with van der Waals surface area (Å²) in [5.74, 6) is 0.828. The van der Waals surface area contributed by atoms with Gasteiger partial charge in [-0.1, -0.05) is 12.1 Å². The third kappa shape index (κ3) is 3.68. The molecular weight excluding hydrogens is 280 g/mol. The van der Waals surface area contributed by atoms with E-state index in [9.17, 15) is 4.79 Å². The molecule has 0 saturated carbocycles. The zero-order valence-electron chi connectivity index (χ0n) is 12.5. The normalized spacial score (nSPS) is 14.8. The van der Waals surface area contributed by atoms with Crippen molar-refractivity contribution in [1.82, 2.24) is 0 Å². The highest BCUT2D eigenvalue weighted by Crippen LogP contribution is 2.26. The van der Waals surface area contributed by atoms with E-state index in [0.717, 1.165) is 43.4 Å². The van der Waals surface area contributed by atoms with Crippen LogP contribution in [0, 0.1) is 0 Å². The minimum atomic E-state index is -0.00268. The minimum absolute atomic E-state index is 0.00268. The number of amides is 1. The maximum atomic E-state index is 12.1. The van der Waals surface area contributed by atoms with Crippen molar-refractivity contribution < 1.29 is 13.9 Å². The predicted molar refractivity (Wildman–Crippen MR) is 85.1 cm³/mol. The summed E-state index contributed by atoms with van der Waals surface area (Å²) >= 11 is 0. The number of nitrogens with one attached hydrogen (secondary N) is 1. The van der Waals surface area contributed by atoms with E-state index in [1.54, 1.807) is 6.26 Å². The zero-order valence-corrected chi connectivity index (χ0v) is 12.5. The number of morpholine rings is 1. The highest BCUT2D eigenvalue weighted by molar-refractivity contribution is 5.94. The van der Waals surface area contributed by atoms with Crippen LogP contribution in [0.5, 0.6) is 0 Å². The van der Waals surface area contributed by atoms with Crippen LogP contribution < -0.4 is 10.2 Å². The number of nitrogens with zero attached hydrogens (tertiary/aromatic N) is 1. The van der Waals surface area contributed by atoms with Gasteiger partial charge in [0.25, 0.3) is 0 Å². The first kappa shape index (κ1) is 14.7. The molecule has 5 heteroatoms. The van der Waals surface area contributed by atoms with Crippen LogP contribution in [-0.4, -0.2) is 32.2 Å². The largest absolute Gasteiger partial charge is 0.469 e. The standard InChI is InChI=1S/C17H20N2O3/c20-17(8-7-14-4-3-11-22-14)18-15-5-1-2-6-16(15)19-9-12-21-13-10-19/h1-6,11H,7-10,12-13H2,(H,18,20). The number of para-hydroxylation sites is 2. The summed E-state index contributed by atoms with van der Waals surface area (Å²) in [7, 11) is 0. The molecule has 3 rings (SSSR count). The van der Waals surface area contributed by atoms with E-state index in [2.05, 4.69) is 10.2 Å². The SMILES string of the molecule is O=C(CCc1ccco1)Nc1ccccc1N1CCOCC1. The molecule has 0 bridgehead atoms. The molecule has 0 atom stereocenters. The van der Waals surface area contributed by atoms with Crippen LogP contribution in [0.1, 0.15) is 12.2 Å². The Morgan fingerprint density at radius 2 is 1.95 bits per heavy atom. The van der Waals surface area contributed by atoms with Gasteiger partial charge in [-0.15, -0.1) is 0 Å². The summed E-state index contributed by atoms with van der Waals surface area (Å²) in [6, 6.07) is 11.6. The quantitative estimate of drug-likeness (QED) is 0.922. The maximum Gasteiger partial charge on any atom is 0.224 e. The van der Waals surface area contributed by atoms with Crippen LogP contribution in [0.25, 0.3) is 0 Å². The fourth-order valence-corrected chi connectivity index (χ4v) is 2.56. The lowest BCUT2D eigenvalue weighted by molar-refractivity contribution is -0.116. The predicted octanol–water partition coefficient (Wildman–Crippen LogP) is 2.69. The molecule has 1 aliphatic rings. The topological polar surface area (TPSA) is 54.7 Å². The Kier molecular flexibility index (Phi) is 4.75. The Bertz CT molecular complexity index is 604. The Morgan fingerprint density at radius 1 is 1.14 bits per heavy atom. The highest BCUT2D eigenvalue weighted by atomic mass is 16.5. The van der Waals surface area contributed by atoms with Crippen LogP contribution in [0.3, 0.4) is 0 Å². The highest BCUT2D eigenvalue weighted by Gasteiger charge is 2.15. The molecule has 1 aromatic heterocycles. The second-order valence-corrected chi connectivity index (χ2v) is 5.24. The second-order valence-electron chi connectivity index (χ2n) is 5.24. The molecule has 1 fully saturated rings. The molecule has 1 aliphatic heterocycles. The van der Waals surface area contributed by atoms with Gasteiger partial charge in [0, 0.05) is 25.9 Å². The summed E-state index contributed by atoms with van der Waals surface area (Å²) < 4.78 is 10.6. The van der Waals surface area contributed by atoms with Gasteiger partial charge in [-0.05, 0) is 24.3 Å². The summed E-state index contributed by atoms with van der Waals surface area (Å²) in [6.07, 6.45) is 2.64. The molecule has 22 heavy (non-hydrogen) atoms. The smallest absolute Gasteiger partial charge is 0.224 e. The van der Waals surface area contributed by atoms with Crippen molar-refractivity contribution in [3.05, 3.63) is 48.4 Å². The van der Waals surface area contributed by atoms with Crippen molar-refractivity contribution in [2.45, 2.75) is 12.8 Å². The lowest BCUT2D eigenvalue weighted by atomic mass is 10.2. The molecular formula is C17H20N2O3. The van der Waals surface area contributed by atoms with Gasteiger partial charge in [0.1, 0.15) is 5.76 Å². The van der Waals surface area contributed by atoms with Crippen LogP contribution >= 0.6 is 0 Å². The van der Waals surface area contributed by atoms with Crippen molar-refractivity contribution >= 4 is 17.3 Å². The Hall–Kier alpha value is -2.27. The van der Waals surface area contributed by atoms with Crippen molar-refractivity contribution in [3.8, 4) is 0 Å². The van der Waals surface area contributed by atoms with E-state index < -0.39 is 0 Å². The van der Waals surface area contributed by atoms with Gasteiger partial charge in [0.2, 0.25) is 5.91 Å². The monoisotopic (exact) mass is 300 g/mol. The van der Waals surface area contributed by atoms with E-state index in [4.69, 9.17) is 9.15 Å². The molecule has 1 N–H and O–H groups in total. The van der Waals surface area contributed by atoms with Crippen LogP contribution in [0.15, 0.2) is 47.1 Å². The lowest BCUT2D eigenvalue weighted by Crippen LogP contribution is -2.36. The molecule has 0 spiro atoms. The van der Waals surface area contributed by atoms with E-state index >= 15 is 0 Å². The van der Waals surface area contributed by atoms with Gasteiger partial charge >= 0.3 is 0 Å². The fourth-order valence-electron chi connectivity index (χ4n) is 2.56. The van der Waals surface area contributed by atoms with Crippen LogP contribution in [-0.2, 0) is 16.0 Å². The number of rotatable bonds is 5. The van der Waals surface area contributed by atoms with E-state index in [-0.39, 0.29) is 5.91 Å². The Morgan fingerprint density at radius 3 is 2.73 bits per heavy atom. The number of ether oxygens (including phenoxy) is 1. The fraction of sp³-hybridized carbons (Fsp3) is 0.353. The third-order valence-corrected chi connectivity index (χ3v) is 3.71. The first-order valence-electron chi connectivity index (χ1n) is 7.57. The molecule has 1 amide bonds. The molecule has 2 heterocycles. The molecule has 1 aromatic carbocycles. The average molecular weight is 300 g/mol. The van der Waals surface area contributed by atoms with Crippen molar-refractivity contribution in [3.63, 3.8) is 0 Å². The number of benzene rings is 1. The summed E-state index contributed by atoms with van der Waals surface area (Å²) in [6.45, 7) is 3.14. The number of aryl methyl sites for hydroxylation is 1. The number of carbonyl (C=O) groups is 1. The van der Waals surface area contributed by atoms with Gasteiger partial charge < -0.3 is 19.4 Å². The lowest BCUT2D eigenvalue weighted by Gasteiger charge is -2.30. The minimum Gasteiger partial charge on any atom is -0.469 e. The summed E-state index contributed by atoms with van der Waals surface area (Å²) in [5.41, 5.74) is 1.91. The van der Waals surface area contributed by atoms with Gasteiger partial charge in [-0.2, -0.15) is 0 Å². The molecule has 2 aromatic rings. The number of anilines is 2. The molecule has 0 radical (unpaired) electrons. The molecule has 0 aliphatic carbocycles. The van der Waals surface area contributed by atoms with Crippen molar-refractivity contribution in [1.29, 1.82) is 0 Å². The molecule has 116 valence electrons. The molecule has 5 nitrogen and oxygen atoms in total. The van der Waals surface area contributed by atoms with E-state index in [0.29, 0.717) is 12.8 Å². The van der Waals surface area contributed by atoms with Gasteiger partial charge in [0.05, 0.1) is 30.9 Å². The first-order valence-corrected chi connectivity index (χ1v) is 7.57. The Labute approximate surface area is 129 Å². The summed E-state index contributed by atoms with van der Waals surface area (Å²) in [5, 5.41) is 3.01. The number of hydrogen-bond donors (Lipinski definition) is 1. The molecule has 0 unspecified atom stereocenters. The van der Waals surface area contributed by atoms with Crippen LogP contribution in [0.4, 0.5) is 11.4 Å². The van der Waals surface area contributed by atoms with Gasteiger partial charge in [-0.25, -0.2) is 0 Å². The Balaban J connectivity index is 1.62. The first-order chi connectivity index (χ1) is 10.8. The number of furan rings is 1. The van der Waals surface area contributed by atoms with E-state index in [1.165, 1.54) is 0 Å². The van der Waals surface area contributed by atoms with Crippen molar-refractivity contribution in [2.75, 3.05) is 36.5 Å². The van der Waals surface area contributed by atoms with Crippen LogP contribution in [0.2, 0.25) is 0 Å². The second kappa shape index (κ2) is 7.13. The van der Waals surface area contributed by atoms with Gasteiger partial charge in [0.15, 0.2) is 0 Å².